The van der Waals surface area contributed by atoms with Crippen LogP contribution in [0.2, 0.25) is 0 Å². The largest absolute Gasteiger partial charge is 0.481 e. The van der Waals surface area contributed by atoms with Gasteiger partial charge in [0.25, 0.3) is 5.91 Å². The van der Waals surface area contributed by atoms with Gasteiger partial charge in [-0.1, -0.05) is 13.3 Å². The number of nitrogens with one attached hydrogen (secondary N) is 1. The predicted octanol–water partition coefficient (Wildman–Crippen LogP) is 1.90. The van der Waals surface area contributed by atoms with Gasteiger partial charge in [0.1, 0.15) is 0 Å². The molecule has 1 aromatic heterocycles. The van der Waals surface area contributed by atoms with Gasteiger partial charge >= 0.3 is 5.97 Å². The molecule has 0 aromatic carbocycles. The lowest BCUT2D eigenvalue weighted by Gasteiger charge is -2.06. The van der Waals surface area contributed by atoms with Crippen LogP contribution in [0.25, 0.3) is 0 Å². The minimum Gasteiger partial charge on any atom is -0.481 e. The van der Waals surface area contributed by atoms with Crippen molar-refractivity contribution in [2.45, 2.75) is 26.2 Å². The molecule has 5 heteroatoms. The van der Waals surface area contributed by atoms with Crippen LogP contribution in [-0.2, 0) is 4.79 Å². The van der Waals surface area contributed by atoms with Crippen molar-refractivity contribution >= 4 is 11.9 Å². The summed E-state index contributed by atoms with van der Waals surface area (Å²) in [5.74, 6) is -1.04. The molecule has 0 aliphatic carbocycles. The van der Waals surface area contributed by atoms with Crippen LogP contribution in [-0.4, -0.2) is 23.5 Å². The Morgan fingerprint density at radius 2 is 2.24 bits per heavy atom. The molecule has 0 radical (unpaired) electrons. The van der Waals surface area contributed by atoms with E-state index in [4.69, 9.17) is 9.52 Å². The zero-order chi connectivity index (χ0) is 12.7. The highest BCUT2D eigenvalue weighted by molar-refractivity contribution is 5.91. The number of unbranched alkanes of at least 4 members (excludes halogenated alkanes) is 1. The van der Waals surface area contributed by atoms with Crippen molar-refractivity contribution in [3.8, 4) is 0 Å². The third kappa shape index (κ3) is 4.72. The lowest BCUT2D eigenvalue weighted by molar-refractivity contribution is -0.141. The number of carbonyl (C=O) groups is 2. The molecule has 0 bridgehead atoms. The highest BCUT2D eigenvalue weighted by Gasteiger charge is 2.10. The number of carboxylic acids is 1. The van der Waals surface area contributed by atoms with Crippen LogP contribution in [0.3, 0.4) is 0 Å². The monoisotopic (exact) mass is 239 g/mol. The summed E-state index contributed by atoms with van der Waals surface area (Å²) in [7, 11) is 0. The summed E-state index contributed by atoms with van der Waals surface area (Å²) in [6, 6.07) is 3.26. The zero-order valence-corrected chi connectivity index (χ0v) is 9.81. The topological polar surface area (TPSA) is 79.5 Å². The van der Waals surface area contributed by atoms with E-state index in [9.17, 15) is 9.59 Å². The van der Waals surface area contributed by atoms with E-state index in [0.717, 1.165) is 12.8 Å². The SMILES string of the molecule is C[C@@H](CCCCNC(=O)c1ccco1)C(=O)O. The maximum absolute atomic E-state index is 11.4. The van der Waals surface area contributed by atoms with E-state index in [1.165, 1.54) is 6.26 Å². The molecule has 2 N–H and O–H groups in total. The van der Waals surface area contributed by atoms with Crippen molar-refractivity contribution < 1.29 is 19.1 Å². The predicted molar refractivity (Wildman–Crippen MR) is 61.7 cm³/mol. The summed E-state index contributed by atoms with van der Waals surface area (Å²) in [5.41, 5.74) is 0. The lowest BCUT2D eigenvalue weighted by Crippen LogP contribution is -2.24. The number of hydrogen-bond donors (Lipinski definition) is 2. The zero-order valence-electron chi connectivity index (χ0n) is 9.81. The second kappa shape index (κ2) is 6.73. The van der Waals surface area contributed by atoms with Gasteiger partial charge in [-0.3, -0.25) is 9.59 Å². The van der Waals surface area contributed by atoms with Crippen LogP contribution in [0.1, 0.15) is 36.7 Å². The fourth-order valence-corrected chi connectivity index (χ4v) is 1.40. The van der Waals surface area contributed by atoms with Gasteiger partial charge < -0.3 is 14.8 Å². The molecule has 0 saturated heterocycles. The average Bonchev–Trinajstić information content (AvgIpc) is 2.81. The second-order valence-corrected chi connectivity index (χ2v) is 3.97. The lowest BCUT2D eigenvalue weighted by atomic mass is 10.0. The standard InChI is InChI=1S/C12H17NO4/c1-9(12(15)16)5-2-3-7-13-11(14)10-6-4-8-17-10/h4,6,8-9H,2-3,5,7H2,1H3,(H,13,14)(H,15,16)/t9-/m0/s1. The van der Waals surface area contributed by atoms with Crippen LogP contribution < -0.4 is 5.32 Å². The highest BCUT2D eigenvalue weighted by atomic mass is 16.4. The molecular weight excluding hydrogens is 222 g/mol. The van der Waals surface area contributed by atoms with Crippen molar-refractivity contribution in [2.75, 3.05) is 6.54 Å². The number of carboxylic acid groups (broad SMARTS) is 1. The summed E-state index contributed by atoms with van der Waals surface area (Å²) in [6.07, 6.45) is 3.63. The molecule has 0 spiro atoms. The van der Waals surface area contributed by atoms with Crippen molar-refractivity contribution in [1.29, 1.82) is 0 Å². The third-order valence-corrected chi connectivity index (χ3v) is 2.52. The summed E-state index contributed by atoms with van der Waals surface area (Å²) >= 11 is 0. The molecule has 17 heavy (non-hydrogen) atoms. The van der Waals surface area contributed by atoms with Crippen molar-refractivity contribution in [3.63, 3.8) is 0 Å². The maximum Gasteiger partial charge on any atom is 0.306 e. The van der Waals surface area contributed by atoms with Gasteiger partial charge in [-0.2, -0.15) is 0 Å². The van der Waals surface area contributed by atoms with Gasteiger partial charge in [-0.05, 0) is 25.0 Å². The van der Waals surface area contributed by atoms with Crippen LogP contribution in [0.5, 0.6) is 0 Å². The summed E-state index contributed by atoms with van der Waals surface area (Å²) in [6.45, 7) is 2.22. The van der Waals surface area contributed by atoms with Crippen molar-refractivity contribution in [3.05, 3.63) is 24.2 Å². The molecule has 1 atom stereocenters. The quantitative estimate of drug-likeness (QED) is 0.712. The Hall–Kier alpha value is -1.78. The minimum absolute atomic E-state index is 0.235. The summed E-state index contributed by atoms with van der Waals surface area (Å²) in [4.78, 5) is 22.0. The van der Waals surface area contributed by atoms with Gasteiger partial charge in [-0.25, -0.2) is 0 Å². The van der Waals surface area contributed by atoms with Crippen LogP contribution in [0, 0.1) is 5.92 Å². The number of furan rings is 1. The van der Waals surface area contributed by atoms with E-state index < -0.39 is 5.97 Å². The number of carbonyl (C=O) groups excluding carboxylic acids is 1. The average molecular weight is 239 g/mol. The van der Waals surface area contributed by atoms with Crippen molar-refractivity contribution in [2.24, 2.45) is 5.92 Å². The smallest absolute Gasteiger partial charge is 0.306 e. The van der Waals surface area contributed by atoms with E-state index in [0.29, 0.717) is 18.7 Å². The molecule has 1 rings (SSSR count). The number of amides is 1. The van der Waals surface area contributed by atoms with Gasteiger partial charge in [0, 0.05) is 6.54 Å². The molecule has 0 fully saturated rings. The first-order chi connectivity index (χ1) is 8.11. The number of aliphatic carboxylic acids is 1. The first kappa shape index (κ1) is 13.3. The summed E-state index contributed by atoms with van der Waals surface area (Å²) < 4.78 is 4.93. The van der Waals surface area contributed by atoms with Gasteiger partial charge in [0.2, 0.25) is 0 Å². The van der Waals surface area contributed by atoms with E-state index in [2.05, 4.69) is 5.32 Å². The minimum atomic E-state index is -0.773. The first-order valence-corrected chi connectivity index (χ1v) is 5.65. The molecule has 0 aliphatic rings. The Balaban J connectivity index is 2.09. The second-order valence-electron chi connectivity index (χ2n) is 3.97. The molecule has 0 aliphatic heterocycles. The fraction of sp³-hybridized carbons (Fsp3) is 0.500. The first-order valence-electron chi connectivity index (χ1n) is 5.65. The summed E-state index contributed by atoms with van der Waals surface area (Å²) in [5, 5.41) is 11.4. The van der Waals surface area contributed by atoms with Crippen LogP contribution >= 0.6 is 0 Å². The Labute approximate surface area is 99.8 Å². The Bertz CT molecular complexity index is 359. The van der Waals surface area contributed by atoms with Crippen molar-refractivity contribution in [1.82, 2.24) is 5.32 Å². The number of rotatable bonds is 7. The van der Waals surface area contributed by atoms with Crippen LogP contribution in [0.4, 0.5) is 0 Å². The Morgan fingerprint density at radius 3 is 2.82 bits per heavy atom. The third-order valence-electron chi connectivity index (χ3n) is 2.52. The highest BCUT2D eigenvalue weighted by Crippen LogP contribution is 2.07. The molecule has 0 unspecified atom stereocenters. The van der Waals surface area contributed by atoms with E-state index >= 15 is 0 Å². The molecule has 5 nitrogen and oxygen atoms in total. The van der Waals surface area contributed by atoms with Gasteiger partial charge in [0.15, 0.2) is 5.76 Å². The van der Waals surface area contributed by atoms with Gasteiger partial charge in [-0.15, -0.1) is 0 Å². The molecule has 0 saturated carbocycles. The molecule has 94 valence electrons. The molecule has 1 aromatic rings. The van der Waals surface area contributed by atoms with E-state index in [-0.39, 0.29) is 11.8 Å². The van der Waals surface area contributed by atoms with E-state index in [1.54, 1.807) is 19.1 Å². The molecule has 1 amide bonds. The Morgan fingerprint density at radius 1 is 1.47 bits per heavy atom. The fourth-order valence-electron chi connectivity index (χ4n) is 1.40. The Kier molecular flexibility index (Phi) is 5.26. The normalized spacial score (nSPS) is 12.1. The van der Waals surface area contributed by atoms with E-state index in [1.807, 2.05) is 0 Å². The van der Waals surface area contributed by atoms with Gasteiger partial charge in [0.05, 0.1) is 12.2 Å². The molecular formula is C12H17NO4. The van der Waals surface area contributed by atoms with Crippen LogP contribution in [0.15, 0.2) is 22.8 Å². The molecule has 1 heterocycles. The maximum atomic E-state index is 11.4. The number of hydrogen-bond acceptors (Lipinski definition) is 3.